The summed E-state index contributed by atoms with van der Waals surface area (Å²) in [5, 5.41) is 31.2. The van der Waals surface area contributed by atoms with Crippen LogP contribution in [0.3, 0.4) is 0 Å². The van der Waals surface area contributed by atoms with Crippen molar-refractivity contribution >= 4 is 5.71 Å². The van der Waals surface area contributed by atoms with Crippen molar-refractivity contribution in [1.29, 1.82) is 0 Å². The fourth-order valence-electron chi connectivity index (χ4n) is 1.92. The van der Waals surface area contributed by atoms with Gasteiger partial charge in [-0.1, -0.05) is 30.3 Å². The van der Waals surface area contributed by atoms with E-state index in [1.807, 2.05) is 6.92 Å². The quantitative estimate of drug-likeness (QED) is 0.448. The van der Waals surface area contributed by atoms with Crippen molar-refractivity contribution in [3.8, 4) is 22.6 Å². The monoisotopic (exact) mass is 257 g/mol. The lowest BCUT2D eigenvalue weighted by Gasteiger charge is -2.08. The largest absolute Gasteiger partial charge is 0.508 e. The summed E-state index contributed by atoms with van der Waals surface area (Å²) >= 11 is 0. The number of aromatic hydroxyl groups is 2. The summed E-state index contributed by atoms with van der Waals surface area (Å²) in [5.74, 6) is 0.283. The minimum absolute atomic E-state index is 0.0807. The van der Waals surface area contributed by atoms with Gasteiger partial charge in [0.05, 0.1) is 5.71 Å². The molecule has 2 aromatic carbocycles. The molecule has 0 aliphatic heterocycles. The molecular weight excluding hydrogens is 242 g/mol. The lowest BCUT2D eigenvalue weighted by atomic mass is 9.99. The van der Waals surface area contributed by atoms with Crippen molar-refractivity contribution in [3.63, 3.8) is 0 Å². The molecule has 0 aliphatic rings. The van der Waals surface area contributed by atoms with Gasteiger partial charge in [-0.15, -0.1) is 0 Å². The predicted molar refractivity (Wildman–Crippen MR) is 73.8 cm³/mol. The van der Waals surface area contributed by atoms with Crippen LogP contribution in [0.25, 0.3) is 11.1 Å². The Morgan fingerprint density at radius 1 is 1.00 bits per heavy atom. The van der Waals surface area contributed by atoms with E-state index in [-0.39, 0.29) is 11.5 Å². The van der Waals surface area contributed by atoms with Crippen LogP contribution in [0.1, 0.15) is 18.9 Å². The molecule has 3 N–H and O–H groups in total. The Kier molecular flexibility index (Phi) is 3.71. The third kappa shape index (κ3) is 2.68. The van der Waals surface area contributed by atoms with E-state index in [2.05, 4.69) is 5.16 Å². The average Bonchev–Trinajstić information content (AvgIpc) is 2.43. The van der Waals surface area contributed by atoms with Gasteiger partial charge in [0.2, 0.25) is 0 Å². The van der Waals surface area contributed by atoms with Gasteiger partial charge >= 0.3 is 0 Å². The third-order valence-electron chi connectivity index (χ3n) is 2.96. The third-order valence-corrected chi connectivity index (χ3v) is 2.96. The Labute approximate surface area is 111 Å². The second-order valence-corrected chi connectivity index (χ2v) is 4.18. The summed E-state index contributed by atoms with van der Waals surface area (Å²) in [6.07, 6.45) is 0.517. The SMILES string of the molecule is CC/C(=N/O)c1cc(-c2ccc(O)cc2)ccc1O. The first-order valence-corrected chi connectivity index (χ1v) is 5.99. The number of nitrogens with zero attached hydrogens (tertiary/aromatic N) is 1. The molecule has 98 valence electrons. The van der Waals surface area contributed by atoms with Crippen LogP contribution < -0.4 is 0 Å². The zero-order valence-corrected chi connectivity index (χ0v) is 10.5. The summed E-state index contributed by atoms with van der Waals surface area (Å²) in [7, 11) is 0. The van der Waals surface area contributed by atoms with Gasteiger partial charge < -0.3 is 15.4 Å². The first-order valence-electron chi connectivity index (χ1n) is 5.99. The molecule has 0 heterocycles. The van der Waals surface area contributed by atoms with Gasteiger partial charge in [-0.3, -0.25) is 0 Å². The highest BCUT2D eigenvalue weighted by Crippen LogP contribution is 2.28. The minimum atomic E-state index is 0.0807. The molecule has 0 spiro atoms. The Hall–Kier alpha value is -2.49. The van der Waals surface area contributed by atoms with Gasteiger partial charge in [0.15, 0.2) is 0 Å². The van der Waals surface area contributed by atoms with Crippen LogP contribution >= 0.6 is 0 Å². The maximum Gasteiger partial charge on any atom is 0.124 e. The number of phenols is 2. The van der Waals surface area contributed by atoms with Crippen LogP contribution in [-0.2, 0) is 0 Å². The molecule has 19 heavy (non-hydrogen) atoms. The van der Waals surface area contributed by atoms with E-state index >= 15 is 0 Å². The van der Waals surface area contributed by atoms with E-state index in [9.17, 15) is 10.2 Å². The fraction of sp³-hybridized carbons (Fsp3) is 0.133. The Bertz CT molecular complexity index is 603. The smallest absolute Gasteiger partial charge is 0.124 e. The minimum Gasteiger partial charge on any atom is -0.508 e. The number of phenolic OH excluding ortho intramolecular Hbond substituents is 2. The van der Waals surface area contributed by atoms with Gasteiger partial charge in [-0.2, -0.15) is 0 Å². The van der Waals surface area contributed by atoms with Crippen LogP contribution in [0.5, 0.6) is 11.5 Å². The van der Waals surface area contributed by atoms with Crippen molar-refractivity contribution in [2.45, 2.75) is 13.3 Å². The van der Waals surface area contributed by atoms with E-state index in [0.717, 1.165) is 11.1 Å². The Morgan fingerprint density at radius 2 is 1.63 bits per heavy atom. The molecular formula is C15H15NO3. The molecule has 4 nitrogen and oxygen atoms in total. The highest BCUT2D eigenvalue weighted by atomic mass is 16.4. The molecule has 2 aromatic rings. The number of benzene rings is 2. The van der Waals surface area contributed by atoms with Crippen LogP contribution in [0, 0.1) is 0 Å². The van der Waals surface area contributed by atoms with Gasteiger partial charge in [0.1, 0.15) is 11.5 Å². The molecule has 0 aliphatic carbocycles. The van der Waals surface area contributed by atoms with Crippen LogP contribution in [0.4, 0.5) is 0 Å². The molecule has 0 radical (unpaired) electrons. The highest BCUT2D eigenvalue weighted by molar-refractivity contribution is 6.03. The van der Waals surface area contributed by atoms with E-state index in [1.165, 1.54) is 0 Å². The topological polar surface area (TPSA) is 73.1 Å². The zero-order valence-electron chi connectivity index (χ0n) is 10.5. The van der Waals surface area contributed by atoms with Crippen molar-refractivity contribution in [3.05, 3.63) is 48.0 Å². The molecule has 0 saturated heterocycles. The molecule has 0 aromatic heterocycles. The summed E-state index contributed by atoms with van der Waals surface area (Å²) in [5.41, 5.74) is 2.73. The first-order chi connectivity index (χ1) is 9.15. The maximum absolute atomic E-state index is 9.83. The summed E-state index contributed by atoms with van der Waals surface area (Å²) < 4.78 is 0. The Morgan fingerprint density at radius 3 is 2.21 bits per heavy atom. The molecule has 0 amide bonds. The first kappa shape index (κ1) is 13.0. The standard InChI is InChI=1S/C15H15NO3/c1-2-14(16-19)13-9-11(5-8-15(13)18)10-3-6-12(17)7-4-10/h3-9,17-19H,2H2,1H3/b16-14-. The van der Waals surface area contributed by atoms with Crippen molar-refractivity contribution < 1.29 is 15.4 Å². The molecule has 0 bridgehead atoms. The number of hydrogen-bond acceptors (Lipinski definition) is 4. The lowest BCUT2D eigenvalue weighted by Crippen LogP contribution is -1.99. The molecule has 2 rings (SSSR count). The van der Waals surface area contributed by atoms with Gasteiger partial charge in [-0.25, -0.2) is 0 Å². The lowest BCUT2D eigenvalue weighted by molar-refractivity contribution is 0.318. The molecule has 4 heteroatoms. The molecule has 0 fully saturated rings. The van der Waals surface area contributed by atoms with E-state index in [0.29, 0.717) is 17.7 Å². The van der Waals surface area contributed by atoms with Crippen LogP contribution in [-0.4, -0.2) is 21.1 Å². The number of rotatable bonds is 3. The van der Waals surface area contributed by atoms with Crippen molar-refractivity contribution in [2.24, 2.45) is 5.16 Å². The van der Waals surface area contributed by atoms with Gasteiger partial charge in [0, 0.05) is 5.56 Å². The normalized spacial score (nSPS) is 11.5. The highest BCUT2D eigenvalue weighted by Gasteiger charge is 2.10. The predicted octanol–water partition coefficient (Wildman–Crippen LogP) is 3.35. The van der Waals surface area contributed by atoms with Crippen molar-refractivity contribution in [2.75, 3.05) is 0 Å². The van der Waals surface area contributed by atoms with E-state index in [1.54, 1.807) is 42.5 Å². The average molecular weight is 257 g/mol. The van der Waals surface area contributed by atoms with Crippen LogP contribution in [0.2, 0.25) is 0 Å². The van der Waals surface area contributed by atoms with Crippen LogP contribution in [0.15, 0.2) is 47.6 Å². The number of oxime groups is 1. The molecule has 0 saturated carbocycles. The van der Waals surface area contributed by atoms with Gasteiger partial charge in [-0.05, 0) is 41.8 Å². The second-order valence-electron chi connectivity index (χ2n) is 4.18. The second kappa shape index (κ2) is 5.44. The van der Waals surface area contributed by atoms with E-state index < -0.39 is 0 Å². The number of hydrogen-bond donors (Lipinski definition) is 3. The van der Waals surface area contributed by atoms with Crippen molar-refractivity contribution in [1.82, 2.24) is 0 Å². The zero-order chi connectivity index (χ0) is 13.8. The molecule has 0 unspecified atom stereocenters. The molecule has 0 atom stereocenters. The summed E-state index contributed by atoms with van der Waals surface area (Å²) in [6.45, 7) is 1.85. The summed E-state index contributed by atoms with van der Waals surface area (Å²) in [6, 6.07) is 11.9. The fourth-order valence-corrected chi connectivity index (χ4v) is 1.92. The van der Waals surface area contributed by atoms with E-state index in [4.69, 9.17) is 5.21 Å². The maximum atomic E-state index is 9.83. The van der Waals surface area contributed by atoms with Gasteiger partial charge in [0.25, 0.3) is 0 Å². The Balaban J connectivity index is 2.49. The summed E-state index contributed by atoms with van der Waals surface area (Å²) in [4.78, 5) is 0.